The monoisotopic (exact) mass is 1970 g/mol. The molecule has 146 heavy (non-hydrogen) atoms. The standard InChI is InChI=1S/2C28H21NO.C26H19NOS.C26H19NOSe.C26H19NO/c1-3-13-25(14-4-1)29(26-15-5-2-6-16-26)27-17-8-11-23(21-27)22-10-7-12-24(20-22)28-18-9-19-30-28;1-3-10-25(11-4-1)29(26-12-5-2-6-13-26)27-14-7-9-24(21-27)22-16-18-23(19-17-22)28-15-8-20-30-28;2*1-3-8-21(9-4-1)27(22-10-5-2-6-11-22)23-15-13-20(14-16-23)25-17-18-26(29-25)24-12-7-19-28-24;1-3-10-20(11-4-1)27(21-12-5-2-6-13-21)25-18-17-24(26-16-9-19-28-26)22-14-7-8-15-23(22)25/h2*1-21H;2*1-19H;1-19H. The molecule has 12 heteroatoms. The first-order chi connectivity index (χ1) is 72.4. The second-order valence-electron chi connectivity index (χ2n) is 34.3. The van der Waals surface area contributed by atoms with Gasteiger partial charge in [0.15, 0.2) is 0 Å². The molecule has 0 unspecified atom stereocenters. The van der Waals surface area contributed by atoms with Crippen LogP contribution in [0.1, 0.15) is 0 Å². The Labute approximate surface area is 861 Å². The SMILES string of the molecule is c1ccc(N(c2ccccc2)c2ccc(-c3ccc(-c4ccco4)[se]3)cc2)cc1.c1ccc(N(c2ccccc2)c2ccc(-c3ccc(-c4ccco4)s3)cc2)cc1.c1ccc(N(c2ccccc2)c2ccc(-c3ccco3)c3ccccc23)cc1.c1ccc(N(c2ccccc2)c2cccc(-c3ccc(-c4ccco4)cc3)c2)cc1.c1ccc(N(c2ccccc2)c2cccc(-c3cccc(-c4ccco4)c3)c2)cc1. The fourth-order valence-electron chi connectivity index (χ4n) is 18.0. The predicted octanol–water partition coefficient (Wildman–Crippen LogP) is 39.0. The van der Waals surface area contributed by atoms with E-state index in [-0.39, 0.29) is 14.5 Å². The zero-order valence-corrected chi connectivity index (χ0v) is 82.3. The van der Waals surface area contributed by atoms with Crippen molar-refractivity contribution in [1.82, 2.24) is 0 Å². The van der Waals surface area contributed by atoms with Crippen molar-refractivity contribution in [3.8, 4) is 97.5 Å². The molecular weight excluding hydrogens is 1870 g/mol. The number of furan rings is 5. The maximum Gasteiger partial charge on any atom is 0.143 e. The number of rotatable bonds is 24. The Hall–Kier alpha value is -18.7. The van der Waals surface area contributed by atoms with Gasteiger partial charge in [-0.1, -0.05) is 249 Å². The van der Waals surface area contributed by atoms with E-state index in [0.717, 1.165) is 147 Å². The number of benzene rings is 18. The van der Waals surface area contributed by atoms with Gasteiger partial charge in [0.2, 0.25) is 0 Å². The average molecular weight is 1970 g/mol. The van der Waals surface area contributed by atoms with Crippen molar-refractivity contribution in [1.29, 1.82) is 0 Å². The van der Waals surface area contributed by atoms with Gasteiger partial charge in [0.1, 0.15) is 23.0 Å². The van der Waals surface area contributed by atoms with E-state index >= 15 is 0 Å². The number of thiophene rings is 1. The Balaban J connectivity index is 0.000000107. The first-order valence-electron chi connectivity index (χ1n) is 48.5. The Bertz CT molecular complexity index is 7890. The van der Waals surface area contributed by atoms with Crippen molar-refractivity contribution in [2.75, 3.05) is 24.5 Å². The fourth-order valence-corrected chi connectivity index (χ4v) is 21.0. The van der Waals surface area contributed by atoms with Crippen LogP contribution in [0.5, 0.6) is 0 Å². The molecule has 0 amide bonds. The Morgan fingerprint density at radius 1 is 0.151 bits per heavy atom. The van der Waals surface area contributed by atoms with E-state index < -0.39 is 0 Å². The summed E-state index contributed by atoms with van der Waals surface area (Å²) in [4.78, 5) is 13.8. The van der Waals surface area contributed by atoms with Gasteiger partial charge in [-0.3, -0.25) is 0 Å². The molecule has 702 valence electrons. The summed E-state index contributed by atoms with van der Waals surface area (Å²) in [6, 6.07) is 198. The Morgan fingerprint density at radius 3 is 0.842 bits per heavy atom. The van der Waals surface area contributed by atoms with Crippen LogP contribution >= 0.6 is 11.3 Å². The Kier molecular flexibility index (Phi) is 29.6. The third-order valence-corrected chi connectivity index (χ3v) is 28.4. The summed E-state index contributed by atoms with van der Waals surface area (Å²) < 4.78 is 30.5. The van der Waals surface area contributed by atoms with E-state index in [1.807, 2.05) is 121 Å². The van der Waals surface area contributed by atoms with E-state index in [1.165, 1.54) is 46.8 Å². The number of hydrogen-bond acceptors (Lipinski definition) is 11. The van der Waals surface area contributed by atoms with Gasteiger partial charge < -0.3 is 37.3 Å². The van der Waals surface area contributed by atoms with Crippen molar-refractivity contribution in [2.45, 2.75) is 0 Å². The summed E-state index contributed by atoms with van der Waals surface area (Å²) in [6.07, 6.45) is 8.58. The molecule has 25 rings (SSSR count). The first-order valence-corrected chi connectivity index (χ1v) is 51.0. The summed E-state index contributed by atoms with van der Waals surface area (Å²) in [5.41, 5.74) is 27.4. The van der Waals surface area contributed by atoms with Crippen LogP contribution < -0.4 is 24.5 Å². The van der Waals surface area contributed by atoms with Crippen molar-refractivity contribution in [2.24, 2.45) is 0 Å². The zero-order chi connectivity index (χ0) is 98.0. The molecule has 0 bridgehead atoms. The largest absolute Gasteiger partial charge is 0.464 e. The molecule has 0 N–H and O–H groups in total. The molecule has 0 saturated carbocycles. The molecular formula is C134H99N5O5SSe. The summed E-state index contributed by atoms with van der Waals surface area (Å²) in [7, 11) is 0. The molecule has 0 aliphatic carbocycles. The van der Waals surface area contributed by atoms with E-state index in [4.69, 9.17) is 22.1 Å². The fraction of sp³-hybridized carbons (Fsp3) is 0. The molecule has 7 heterocycles. The summed E-state index contributed by atoms with van der Waals surface area (Å²) in [6.45, 7) is 0. The minimum Gasteiger partial charge on any atom is -0.464 e. The summed E-state index contributed by atoms with van der Waals surface area (Å²) >= 11 is 2.01. The third kappa shape index (κ3) is 22.4. The van der Waals surface area contributed by atoms with Crippen molar-refractivity contribution >= 4 is 122 Å². The van der Waals surface area contributed by atoms with Crippen LogP contribution in [-0.4, -0.2) is 14.5 Å². The molecule has 7 aromatic heterocycles. The van der Waals surface area contributed by atoms with Crippen LogP contribution in [0.2, 0.25) is 0 Å². The van der Waals surface area contributed by atoms with Crippen molar-refractivity contribution < 1.29 is 22.1 Å². The summed E-state index contributed by atoms with van der Waals surface area (Å²) in [5, 5.41) is 2.36. The molecule has 0 aliphatic heterocycles. The van der Waals surface area contributed by atoms with E-state index in [9.17, 15) is 0 Å². The van der Waals surface area contributed by atoms with Crippen LogP contribution in [-0.2, 0) is 0 Å². The number of nitrogens with zero attached hydrogens (tertiary/aromatic N) is 5. The van der Waals surface area contributed by atoms with Gasteiger partial charge in [0.05, 0.1) is 35.6 Å². The van der Waals surface area contributed by atoms with Crippen LogP contribution in [0.4, 0.5) is 85.3 Å². The van der Waals surface area contributed by atoms with E-state index in [1.54, 1.807) is 42.7 Å². The van der Waals surface area contributed by atoms with E-state index in [0.29, 0.717) is 0 Å². The third-order valence-electron chi connectivity index (χ3n) is 24.9. The molecule has 0 radical (unpaired) electrons. The second kappa shape index (κ2) is 46.2. The van der Waals surface area contributed by atoms with Gasteiger partial charge >= 0.3 is 177 Å². The van der Waals surface area contributed by atoms with Crippen LogP contribution in [0, 0.1) is 0 Å². The topological polar surface area (TPSA) is 81.9 Å². The average Bonchev–Trinajstić information content (AvgIpc) is 1.74. The zero-order valence-electron chi connectivity index (χ0n) is 79.8. The first kappa shape index (κ1) is 93.6. The van der Waals surface area contributed by atoms with Crippen LogP contribution in [0.3, 0.4) is 0 Å². The smallest absolute Gasteiger partial charge is 0.143 e. The second-order valence-corrected chi connectivity index (χ2v) is 37.6. The maximum absolute atomic E-state index is 5.68. The predicted molar refractivity (Wildman–Crippen MR) is 608 cm³/mol. The molecule has 0 spiro atoms. The normalized spacial score (nSPS) is 10.7. The summed E-state index contributed by atoms with van der Waals surface area (Å²) in [5.74, 6) is 4.54. The minimum absolute atomic E-state index is 0.262. The van der Waals surface area contributed by atoms with Crippen LogP contribution in [0.25, 0.3) is 108 Å². The quantitative estimate of drug-likeness (QED) is 0.0546. The van der Waals surface area contributed by atoms with Gasteiger partial charge in [-0.05, 0) is 246 Å². The molecule has 0 aliphatic rings. The number of fused-ring (bicyclic) bond motifs is 1. The number of para-hydroxylation sites is 10. The molecule has 0 atom stereocenters. The molecule has 18 aromatic carbocycles. The number of hydrogen-bond donors (Lipinski definition) is 0. The van der Waals surface area contributed by atoms with E-state index in [2.05, 4.69) is 473 Å². The molecule has 10 nitrogen and oxygen atoms in total. The van der Waals surface area contributed by atoms with Gasteiger partial charge in [-0.2, -0.15) is 0 Å². The van der Waals surface area contributed by atoms with Crippen molar-refractivity contribution in [3.05, 3.63) is 602 Å². The van der Waals surface area contributed by atoms with Crippen LogP contribution in [0.15, 0.2) is 624 Å². The van der Waals surface area contributed by atoms with Gasteiger partial charge in [-0.15, -0.1) is 11.3 Å². The van der Waals surface area contributed by atoms with Gasteiger partial charge in [0, 0.05) is 89.5 Å². The van der Waals surface area contributed by atoms with Crippen molar-refractivity contribution in [3.63, 3.8) is 0 Å². The number of anilines is 15. The van der Waals surface area contributed by atoms with Gasteiger partial charge in [-0.25, -0.2) is 0 Å². The molecule has 25 aromatic rings. The maximum atomic E-state index is 5.68. The molecule has 0 saturated heterocycles. The van der Waals surface area contributed by atoms with Gasteiger partial charge in [0.25, 0.3) is 0 Å². The Morgan fingerprint density at radius 2 is 0.438 bits per heavy atom. The minimum atomic E-state index is 0.262. The molecule has 0 fully saturated rings.